The second-order valence-electron chi connectivity index (χ2n) is 4.13. The lowest BCUT2D eigenvalue weighted by atomic mass is 10.0. The maximum absolute atomic E-state index is 11.7. The number of ether oxygens (including phenoxy) is 1. The van der Waals surface area contributed by atoms with Crippen molar-refractivity contribution in [2.45, 2.75) is 18.8 Å². The molecule has 8 heteroatoms. The highest BCUT2D eigenvalue weighted by molar-refractivity contribution is 14.1. The third-order valence-electron chi connectivity index (χ3n) is 3.01. The molecule has 1 saturated heterocycles. The molecule has 3 N–H and O–H groups in total. The van der Waals surface area contributed by atoms with Crippen molar-refractivity contribution in [3.63, 3.8) is 0 Å². The molecule has 1 unspecified atom stereocenters. The summed E-state index contributed by atoms with van der Waals surface area (Å²) in [6.45, 7) is -0.326. The summed E-state index contributed by atoms with van der Waals surface area (Å²) in [7, 11) is 0. The maximum atomic E-state index is 11.7. The van der Waals surface area contributed by atoms with Gasteiger partial charge in [-0.3, -0.25) is 14.3 Å². The first-order valence-corrected chi connectivity index (χ1v) is 6.52. The first-order chi connectivity index (χ1) is 8.56. The summed E-state index contributed by atoms with van der Waals surface area (Å²) in [5, 5.41) is 18.3. The minimum Gasteiger partial charge on any atom is -0.396 e. The van der Waals surface area contributed by atoms with Crippen molar-refractivity contribution in [2.75, 3.05) is 13.2 Å². The average molecular weight is 368 g/mol. The summed E-state index contributed by atoms with van der Waals surface area (Å²) < 4.78 is 7.16. The van der Waals surface area contributed by atoms with Gasteiger partial charge >= 0.3 is 5.69 Å². The van der Waals surface area contributed by atoms with Crippen molar-refractivity contribution in [3.8, 4) is 0 Å². The van der Waals surface area contributed by atoms with Gasteiger partial charge in [0.25, 0.3) is 5.56 Å². The number of aliphatic hydroxyl groups is 2. The molecule has 0 bridgehead atoms. The van der Waals surface area contributed by atoms with Gasteiger partial charge in [0.1, 0.15) is 6.23 Å². The van der Waals surface area contributed by atoms with Gasteiger partial charge < -0.3 is 14.9 Å². The third-order valence-corrected chi connectivity index (χ3v) is 3.78. The van der Waals surface area contributed by atoms with Crippen molar-refractivity contribution < 1.29 is 14.9 Å². The number of halogens is 1. The lowest BCUT2D eigenvalue weighted by Crippen LogP contribution is -2.33. The zero-order chi connectivity index (χ0) is 13.3. The third kappa shape index (κ3) is 2.51. The number of aromatic amines is 1. The van der Waals surface area contributed by atoms with Crippen molar-refractivity contribution in [2.24, 2.45) is 5.92 Å². The highest BCUT2D eigenvalue weighted by Crippen LogP contribution is 2.31. The highest BCUT2D eigenvalue weighted by Gasteiger charge is 2.35. The van der Waals surface area contributed by atoms with E-state index in [9.17, 15) is 9.59 Å². The normalized spacial score (nSPS) is 27.6. The molecule has 0 aliphatic carbocycles. The Bertz CT molecular complexity index is 528. The second kappa shape index (κ2) is 5.51. The largest absolute Gasteiger partial charge is 0.396 e. The van der Waals surface area contributed by atoms with Crippen LogP contribution in [-0.4, -0.2) is 39.1 Å². The molecule has 0 saturated carbocycles. The molecular weight excluding hydrogens is 355 g/mol. The zero-order valence-corrected chi connectivity index (χ0v) is 11.5. The smallest absolute Gasteiger partial charge is 0.330 e. The van der Waals surface area contributed by atoms with E-state index in [0.29, 0.717) is 9.99 Å². The molecule has 0 aromatic carbocycles. The van der Waals surface area contributed by atoms with E-state index in [4.69, 9.17) is 14.9 Å². The van der Waals surface area contributed by atoms with Gasteiger partial charge in [-0.25, -0.2) is 4.79 Å². The Labute approximate surface area is 116 Å². The first kappa shape index (κ1) is 13.7. The van der Waals surface area contributed by atoms with E-state index in [0.717, 1.165) is 0 Å². The molecule has 2 rings (SSSR count). The van der Waals surface area contributed by atoms with Crippen LogP contribution in [0.4, 0.5) is 0 Å². The number of aliphatic hydroxyl groups excluding tert-OH is 2. The molecule has 1 aromatic rings. The lowest BCUT2D eigenvalue weighted by Gasteiger charge is -2.14. The summed E-state index contributed by atoms with van der Waals surface area (Å²) in [5.74, 6) is -0.212. The Morgan fingerprint density at radius 2 is 2.17 bits per heavy atom. The number of H-pyrrole nitrogens is 1. The quantitative estimate of drug-likeness (QED) is 0.596. The van der Waals surface area contributed by atoms with Crippen LogP contribution in [-0.2, 0) is 4.74 Å². The van der Waals surface area contributed by atoms with Gasteiger partial charge in [0.2, 0.25) is 0 Å². The molecule has 100 valence electrons. The summed E-state index contributed by atoms with van der Waals surface area (Å²) in [4.78, 5) is 25.1. The molecule has 1 aliphatic rings. The Hall–Kier alpha value is -0.710. The molecule has 3 atom stereocenters. The van der Waals surface area contributed by atoms with Gasteiger partial charge in [-0.15, -0.1) is 0 Å². The fourth-order valence-corrected chi connectivity index (χ4v) is 2.45. The van der Waals surface area contributed by atoms with E-state index in [1.165, 1.54) is 10.8 Å². The van der Waals surface area contributed by atoms with Crippen LogP contribution in [0.25, 0.3) is 0 Å². The summed E-state index contributed by atoms with van der Waals surface area (Å²) in [6, 6.07) is 0. The minimum atomic E-state index is -0.572. The van der Waals surface area contributed by atoms with Gasteiger partial charge in [0.05, 0.1) is 16.3 Å². The number of hydrogen-bond donors (Lipinski definition) is 3. The summed E-state index contributed by atoms with van der Waals surface area (Å²) in [5.41, 5.74) is -0.993. The average Bonchev–Trinajstić information content (AvgIpc) is 2.76. The van der Waals surface area contributed by atoms with E-state index >= 15 is 0 Å². The molecule has 1 aromatic heterocycles. The highest BCUT2D eigenvalue weighted by atomic mass is 127. The Morgan fingerprint density at radius 3 is 2.72 bits per heavy atom. The molecule has 18 heavy (non-hydrogen) atoms. The predicted octanol–water partition coefficient (Wildman–Crippen LogP) is -0.970. The standard InChI is InChI=1S/C10H13IN2O5/c11-6-2-13(10(17)12-9(6)16)8-1-5(3-14)7(4-15)18-8/h2,5,7-8,14-15H,1,3-4H2,(H,12,16,17)/t5?,7-,8-/m1/s1. The van der Waals surface area contributed by atoms with E-state index < -0.39 is 23.6 Å². The molecule has 1 fully saturated rings. The van der Waals surface area contributed by atoms with E-state index in [-0.39, 0.29) is 19.1 Å². The Kier molecular flexibility index (Phi) is 4.20. The van der Waals surface area contributed by atoms with Crippen LogP contribution in [0.1, 0.15) is 12.6 Å². The first-order valence-electron chi connectivity index (χ1n) is 5.45. The Balaban J connectivity index is 2.31. The molecule has 0 radical (unpaired) electrons. The van der Waals surface area contributed by atoms with Crippen LogP contribution in [0.15, 0.2) is 15.8 Å². The summed E-state index contributed by atoms with van der Waals surface area (Å²) in [6.07, 6.45) is 0.776. The van der Waals surface area contributed by atoms with Crippen LogP contribution in [0.5, 0.6) is 0 Å². The fraction of sp³-hybridized carbons (Fsp3) is 0.600. The van der Waals surface area contributed by atoms with Gasteiger partial charge in [0, 0.05) is 25.1 Å². The topological polar surface area (TPSA) is 105 Å². The molecule has 0 amide bonds. The predicted molar refractivity (Wildman–Crippen MR) is 70.2 cm³/mol. The molecule has 1 aliphatic heterocycles. The Morgan fingerprint density at radius 1 is 1.44 bits per heavy atom. The number of nitrogens with zero attached hydrogens (tertiary/aromatic N) is 1. The van der Waals surface area contributed by atoms with Gasteiger partial charge in [-0.1, -0.05) is 0 Å². The monoisotopic (exact) mass is 368 g/mol. The van der Waals surface area contributed by atoms with Crippen LogP contribution in [0, 0.1) is 9.49 Å². The molecule has 7 nitrogen and oxygen atoms in total. The van der Waals surface area contributed by atoms with Crippen molar-refractivity contribution in [3.05, 3.63) is 30.6 Å². The number of rotatable bonds is 3. The fourth-order valence-electron chi connectivity index (χ4n) is 2.02. The van der Waals surface area contributed by atoms with Gasteiger partial charge in [-0.05, 0) is 22.6 Å². The lowest BCUT2D eigenvalue weighted by molar-refractivity contribution is -0.0367. The summed E-state index contributed by atoms with van der Waals surface area (Å²) >= 11 is 1.82. The maximum Gasteiger partial charge on any atom is 0.330 e. The molecule has 0 spiro atoms. The number of aromatic nitrogens is 2. The van der Waals surface area contributed by atoms with Gasteiger partial charge in [-0.2, -0.15) is 0 Å². The van der Waals surface area contributed by atoms with Crippen molar-refractivity contribution >= 4 is 22.6 Å². The SMILES string of the molecule is O=c1[nH]c(=O)n([C@H]2CC(CO)[C@@H](CO)O2)cc1I. The van der Waals surface area contributed by atoms with Crippen molar-refractivity contribution in [1.29, 1.82) is 0 Å². The molecule has 2 heterocycles. The van der Waals surface area contributed by atoms with E-state index in [2.05, 4.69) is 4.98 Å². The molecular formula is C10H13IN2O5. The van der Waals surface area contributed by atoms with E-state index in [1.54, 1.807) is 0 Å². The minimum absolute atomic E-state index is 0.114. The van der Waals surface area contributed by atoms with Crippen molar-refractivity contribution in [1.82, 2.24) is 9.55 Å². The van der Waals surface area contributed by atoms with E-state index in [1.807, 2.05) is 22.6 Å². The number of nitrogens with one attached hydrogen (secondary N) is 1. The number of hydrogen-bond acceptors (Lipinski definition) is 5. The second-order valence-corrected chi connectivity index (χ2v) is 5.30. The van der Waals surface area contributed by atoms with Crippen LogP contribution in [0.3, 0.4) is 0 Å². The van der Waals surface area contributed by atoms with Crippen LogP contribution < -0.4 is 11.2 Å². The van der Waals surface area contributed by atoms with Crippen LogP contribution in [0.2, 0.25) is 0 Å². The van der Waals surface area contributed by atoms with Crippen LogP contribution >= 0.6 is 22.6 Å². The van der Waals surface area contributed by atoms with Gasteiger partial charge in [0.15, 0.2) is 0 Å². The zero-order valence-electron chi connectivity index (χ0n) is 9.38.